The summed E-state index contributed by atoms with van der Waals surface area (Å²) in [6, 6.07) is 4.75. The van der Waals surface area contributed by atoms with Gasteiger partial charge in [-0.25, -0.2) is 0 Å². The highest BCUT2D eigenvalue weighted by molar-refractivity contribution is 6.00. The highest BCUT2D eigenvalue weighted by Gasteiger charge is 2.39. The molecule has 1 aromatic carbocycles. The lowest BCUT2D eigenvalue weighted by Gasteiger charge is -2.42. The molecular formula is C24H31N5O6. The van der Waals surface area contributed by atoms with Crippen LogP contribution in [0.5, 0.6) is 5.75 Å². The van der Waals surface area contributed by atoms with Crippen LogP contribution in [-0.4, -0.2) is 78.0 Å². The summed E-state index contributed by atoms with van der Waals surface area (Å²) in [4.78, 5) is 39.4. The van der Waals surface area contributed by atoms with E-state index in [0.29, 0.717) is 35.5 Å². The Labute approximate surface area is 203 Å². The number of hydrogen-bond acceptors (Lipinski definition) is 7. The third-order valence-electron chi connectivity index (χ3n) is 6.27. The van der Waals surface area contributed by atoms with E-state index in [0.717, 1.165) is 5.69 Å². The van der Waals surface area contributed by atoms with Crippen molar-refractivity contribution in [2.75, 3.05) is 38.0 Å². The maximum absolute atomic E-state index is 13.3. The molecule has 0 unspecified atom stereocenters. The second-order valence-corrected chi connectivity index (χ2v) is 8.91. The number of likely N-dealkylation sites (N-methyl/N-ethyl adjacent to an activating group) is 1. The molecule has 3 atom stereocenters. The van der Waals surface area contributed by atoms with Crippen molar-refractivity contribution in [3.05, 3.63) is 35.7 Å². The Morgan fingerprint density at radius 1 is 1.20 bits per heavy atom. The molecule has 35 heavy (non-hydrogen) atoms. The van der Waals surface area contributed by atoms with Gasteiger partial charge in [0.2, 0.25) is 11.8 Å². The number of nitrogens with zero attached hydrogens (tertiary/aromatic N) is 3. The van der Waals surface area contributed by atoms with Gasteiger partial charge in [-0.3, -0.25) is 19.1 Å². The lowest BCUT2D eigenvalue weighted by molar-refractivity contribution is -0.130. The maximum Gasteiger partial charge on any atom is 0.257 e. The number of ether oxygens (including phenoxy) is 3. The standard InChI is InChI=1S/C24H31N5O6/c1-14-18(11-28(2)27-14)26-22(30)10-16-6-7-19-21(35-16)12-34-20-8-5-15(25-23(31)13-33-4)9-17(20)24(32)29(19)3/h5,8-9,11,16,19,21H,6-7,10,12-13H2,1-4H3,(H,25,31)(H,26,30)/t16-,19+,21+/m0/s1. The largest absolute Gasteiger partial charge is 0.490 e. The third-order valence-corrected chi connectivity index (χ3v) is 6.27. The highest BCUT2D eigenvalue weighted by atomic mass is 16.5. The summed E-state index contributed by atoms with van der Waals surface area (Å²) in [5, 5.41) is 9.84. The number of methoxy groups -OCH3 is 1. The van der Waals surface area contributed by atoms with Crippen LogP contribution in [0.2, 0.25) is 0 Å². The normalized spacial score (nSPS) is 21.8. The van der Waals surface area contributed by atoms with Crippen molar-refractivity contribution >= 4 is 29.1 Å². The molecule has 1 aromatic heterocycles. The van der Waals surface area contributed by atoms with Gasteiger partial charge < -0.3 is 29.7 Å². The molecule has 0 bridgehead atoms. The lowest BCUT2D eigenvalue weighted by atomic mass is 9.94. The van der Waals surface area contributed by atoms with Crippen molar-refractivity contribution in [2.24, 2.45) is 7.05 Å². The number of benzene rings is 1. The quantitative estimate of drug-likeness (QED) is 0.638. The molecule has 2 N–H and O–H groups in total. The van der Waals surface area contributed by atoms with Crippen LogP contribution in [0.25, 0.3) is 0 Å². The number of anilines is 2. The monoisotopic (exact) mass is 485 g/mol. The number of carbonyl (C=O) groups excluding carboxylic acids is 3. The van der Waals surface area contributed by atoms with Gasteiger partial charge in [-0.1, -0.05) is 0 Å². The maximum atomic E-state index is 13.3. The van der Waals surface area contributed by atoms with Gasteiger partial charge in [0.1, 0.15) is 25.1 Å². The van der Waals surface area contributed by atoms with Gasteiger partial charge in [-0.2, -0.15) is 5.10 Å². The van der Waals surface area contributed by atoms with E-state index in [1.807, 2.05) is 6.92 Å². The van der Waals surface area contributed by atoms with E-state index in [2.05, 4.69) is 15.7 Å². The average molecular weight is 486 g/mol. The van der Waals surface area contributed by atoms with Crippen LogP contribution in [0.4, 0.5) is 11.4 Å². The van der Waals surface area contributed by atoms with Crippen LogP contribution in [-0.2, 0) is 26.1 Å². The zero-order valence-electron chi connectivity index (χ0n) is 20.4. The van der Waals surface area contributed by atoms with Crippen molar-refractivity contribution in [1.82, 2.24) is 14.7 Å². The Balaban J connectivity index is 1.42. The minimum atomic E-state index is -0.370. The first-order valence-electron chi connectivity index (χ1n) is 11.5. The SMILES string of the molecule is COCC(=O)Nc1ccc2c(c1)C(=O)N(C)[C@@H]1CC[C@@H](CC(=O)Nc3cn(C)nc3C)O[C@@H]1CO2. The molecule has 0 radical (unpaired) electrons. The first-order chi connectivity index (χ1) is 16.7. The number of nitrogens with one attached hydrogen (secondary N) is 2. The van der Waals surface area contributed by atoms with Crippen molar-refractivity contribution in [3.8, 4) is 5.75 Å². The molecule has 2 aromatic rings. The van der Waals surface area contributed by atoms with Gasteiger partial charge in [-0.15, -0.1) is 0 Å². The predicted octanol–water partition coefficient (Wildman–Crippen LogP) is 1.72. The lowest BCUT2D eigenvalue weighted by Crippen LogP contribution is -2.53. The molecule has 0 spiro atoms. The van der Waals surface area contributed by atoms with Gasteiger partial charge in [-0.05, 0) is 38.0 Å². The predicted molar refractivity (Wildman–Crippen MR) is 127 cm³/mol. The summed E-state index contributed by atoms with van der Waals surface area (Å²) in [7, 11) is 4.98. The summed E-state index contributed by atoms with van der Waals surface area (Å²) in [6.45, 7) is 2.00. The van der Waals surface area contributed by atoms with Crippen LogP contribution in [0.15, 0.2) is 24.4 Å². The fraction of sp³-hybridized carbons (Fsp3) is 0.500. The Bertz CT molecular complexity index is 1120. The number of hydrogen-bond donors (Lipinski definition) is 2. The average Bonchev–Trinajstić information content (AvgIpc) is 3.12. The van der Waals surface area contributed by atoms with Crippen molar-refractivity contribution < 1.29 is 28.6 Å². The number of amides is 3. The molecule has 2 aliphatic rings. The molecule has 188 valence electrons. The molecule has 0 aliphatic carbocycles. The molecule has 1 fully saturated rings. The van der Waals surface area contributed by atoms with Crippen molar-refractivity contribution in [2.45, 2.75) is 44.4 Å². The van der Waals surface area contributed by atoms with E-state index in [1.165, 1.54) is 7.11 Å². The fourth-order valence-corrected chi connectivity index (χ4v) is 4.56. The smallest absolute Gasteiger partial charge is 0.257 e. The van der Waals surface area contributed by atoms with E-state index in [1.54, 1.807) is 48.1 Å². The van der Waals surface area contributed by atoms with Gasteiger partial charge in [0.15, 0.2) is 0 Å². The molecule has 2 aliphatic heterocycles. The molecule has 11 nitrogen and oxygen atoms in total. The van der Waals surface area contributed by atoms with Crippen LogP contribution < -0.4 is 15.4 Å². The van der Waals surface area contributed by atoms with E-state index < -0.39 is 0 Å². The molecule has 3 amide bonds. The summed E-state index contributed by atoms with van der Waals surface area (Å²) < 4.78 is 18.7. The first kappa shape index (κ1) is 24.7. The van der Waals surface area contributed by atoms with E-state index in [-0.39, 0.29) is 55.6 Å². The van der Waals surface area contributed by atoms with Gasteiger partial charge >= 0.3 is 0 Å². The molecule has 1 saturated heterocycles. The number of carbonyl (C=O) groups is 3. The molecule has 3 heterocycles. The van der Waals surface area contributed by atoms with Gasteiger partial charge in [0.05, 0.1) is 35.5 Å². The highest BCUT2D eigenvalue weighted by Crippen LogP contribution is 2.32. The van der Waals surface area contributed by atoms with Gasteiger partial charge in [0.25, 0.3) is 5.91 Å². The Morgan fingerprint density at radius 3 is 2.71 bits per heavy atom. The zero-order chi connectivity index (χ0) is 25.1. The summed E-state index contributed by atoms with van der Waals surface area (Å²) in [5.74, 6) is -0.256. The van der Waals surface area contributed by atoms with Crippen LogP contribution in [0.1, 0.15) is 35.3 Å². The van der Waals surface area contributed by atoms with E-state index in [4.69, 9.17) is 14.2 Å². The number of aromatic nitrogens is 2. The third kappa shape index (κ3) is 5.63. The van der Waals surface area contributed by atoms with Gasteiger partial charge in [0, 0.05) is 33.1 Å². The second kappa shape index (κ2) is 10.4. The first-order valence-corrected chi connectivity index (χ1v) is 11.5. The topological polar surface area (TPSA) is 124 Å². The molecule has 4 rings (SSSR count). The molecule has 11 heteroatoms. The van der Waals surface area contributed by atoms with Crippen LogP contribution in [0.3, 0.4) is 0 Å². The van der Waals surface area contributed by atoms with E-state index >= 15 is 0 Å². The zero-order valence-corrected chi connectivity index (χ0v) is 20.4. The van der Waals surface area contributed by atoms with Crippen molar-refractivity contribution in [1.29, 1.82) is 0 Å². The second-order valence-electron chi connectivity index (χ2n) is 8.91. The Morgan fingerprint density at radius 2 is 2.00 bits per heavy atom. The fourth-order valence-electron chi connectivity index (χ4n) is 4.56. The van der Waals surface area contributed by atoms with Crippen LogP contribution in [0, 0.1) is 6.92 Å². The minimum Gasteiger partial charge on any atom is -0.490 e. The van der Waals surface area contributed by atoms with E-state index in [9.17, 15) is 14.4 Å². The Kier molecular flexibility index (Phi) is 7.37. The number of rotatable bonds is 6. The molecular weight excluding hydrogens is 454 g/mol. The summed E-state index contributed by atoms with van der Waals surface area (Å²) in [6.07, 6.45) is 2.64. The summed E-state index contributed by atoms with van der Waals surface area (Å²) >= 11 is 0. The molecule has 0 saturated carbocycles. The number of fused-ring (bicyclic) bond motifs is 2. The number of aryl methyl sites for hydroxylation is 2. The summed E-state index contributed by atoms with van der Waals surface area (Å²) in [5.41, 5.74) is 2.29. The Hall–Kier alpha value is -3.44. The van der Waals surface area contributed by atoms with Crippen LogP contribution >= 0.6 is 0 Å². The minimum absolute atomic E-state index is 0.0798. The van der Waals surface area contributed by atoms with Crippen molar-refractivity contribution in [3.63, 3.8) is 0 Å².